The Bertz CT molecular complexity index is 1310. The Morgan fingerprint density at radius 2 is 1.97 bits per heavy atom. The number of aryl methyl sites for hydroxylation is 2. The van der Waals surface area contributed by atoms with E-state index < -0.39 is 0 Å². The predicted molar refractivity (Wildman–Crippen MR) is 133 cm³/mol. The van der Waals surface area contributed by atoms with Crippen LogP contribution in [0.3, 0.4) is 0 Å². The van der Waals surface area contributed by atoms with Crippen LogP contribution in [0, 0.1) is 24.2 Å². The number of fused-ring (bicyclic) bond motifs is 1. The fraction of sp³-hybridized carbons (Fsp3) is 0.385. The molecule has 1 saturated heterocycles. The van der Waals surface area contributed by atoms with E-state index in [1.807, 2.05) is 43.4 Å². The number of likely N-dealkylation sites (tertiary alicyclic amines) is 1. The molecule has 3 heterocycles. The standard InChI is InChI=1S/C26H28ClN5O2/c1-15(2)26(34)32-9-7-17(8-10-32)20-14-31(4)24-23(20)16(3)22(13-29-24)30-25(33)18-5-6-21(27)19(11-18)12-28/h5-6,11,13-15,17H,7-10H2,1-4H3,(H,30,33). The van der Waals surface area contributed by atoms with E-state index in [9.17, 15) is 14.9 Å². The minimum absolute atomic E-state index is 0.0107. The molecular formula is C26H28ClN5O2. The molecule has 1 aliphatic heterocycles. The van der Waals surface area contributed by atoms with Crippen LogP contribution in [-0.2, 0) is 11.8 Å². The highest BCUT2D eigenvalue weighted by atomic mass is 35.5. The van der Waals surface area contributed by atoms with Crippen LogP contribution in [0.1, 0.15) is 59.7 Å². The summed E-state index contributed by atoms with van der Waals surface area (Å²) in [6, 6.07) is 6.63. The van der Waals surface area contributed by atoms with Crippen molar-refractivity contribution < 1.29 is 9.59 Å². The molecule has 0 radical (unpaired) electrons. The molecule has 0 spiro atoms. The number of aromatic nitrogens is 2. The van der Waals surface area contributed by atoms with E-state index in [4.69, 9.17) is 11.6 Å². The fourth-order valence-electron chi connectivity index (χ4n) is 4.70. The zero-order valence-electron chi connectivity index (χ0n) is 19.9. The summed E-state index contributed by atoms with van der Waals surface area (Å²) in [7, 11) is 1.98. The third-order valence-electron chi connectivity index (χ3n) is 6.61. The quantitative estimate of drug-likeness (QED) is 0.571. The molecule has 1 fully saturated rings. The lowest BCUT2D eigenvalue weighted by Crippen LogP contribution is -2.40. The Kier molecular flexibility index (Phi) is 6.63. The summed E-state index contributed by atoms with van der Waals surface area (Å²) in [6.45, 7) is 7.37. The zero-order chi connectivity index (χ0) is 24.6. The van der Waals surface area contributed by atoms with Crippen molar-refractivity contribution in [1.82, 2.24) is 14.5 Å². The molecule has 3 aromatic rings. The summed E-state index contributed by atoms with van der Waals surface area (Å²) in [4.78, 5) is 31.9. The van der Waals surface area contributed by atoms with Gasteiger partial charge in [0.15, 0.2) is 0 Å². The maximum atomic E-state index is 12.9. The van der Waals surface area contributed by atoms with Crippen LogP contribution in [0.25, 0.3) is 11.0 Å². The van der Waals surface area contributed by atoms with Gasteiger partial charge in [-0.2, -0.15) is 5.26 Å². The number of hydrogen-bond donors (Lipinski definition) is 1. The van der Waals surface area contributed by atoms with Crippen molar-refractivity contribution in [3.63, 3.8) is 0 Å². The first-order chi connectivity index (χ1) is 16.2. The van der Waals surface area contributed by atoms with Crippen molar-refractivity contribution in [3.05, 3.63) is 57.9 Å². The molecule has 2 aromatic heterocycles. The molecular weight excluding hydrogens is 450 g/mol. The van der Waals surface area contributed by atoms with E-state index >= 15 is 0 Å². The molecule has 0 atom stereocenters. The van der Waals surface area contributed by atoms with Crippen molar-refractivity contribution in [3.8, 4) is 6.07 Å². The lowest BCUT2D eigenvalue weighted by molar-refractivity contribution is -0.135. The third kappa shape index (κ3) is 4.38. The predicted octanol–water partition coefficient (Wildman–Crippen LogP) is 5.02. The molecule has 1 aliphatic rings. The lowest BCUT2D eigenvalue weighted by atomic mass is 9.88. The molecule has 176 valence electrons. The van der Waals surface area contributed by atoms with E-state index in [0.717, 1.165) is 42.5 Å². The maximum absolute atomic E-state index is 12.9. The number of rotatable bonds is 4. The van der Waals surface area contributed by atoms with Crippen molar-refractivity contribution in [2.75, 3.05) is 18.4 Å². The molecule has 1 N–H and O–H groups in total. The first-order valence-electron chi connectivity index (χ1n) is 11.5. The second kappa shape index (κ2) is 9.47. The molecule has 7 nitrogen and oxygen atoms in total. The number of nitrogens with zero attached hydrogens (tertiary/aromatic N) is 4. The highest BCUT2D eigenvalue weighted by Gasteiger charge is 2.28. The van der Waals surface area contributed by atoms with Gasteiger partial charge in [0.1, 0.15) is 11.7 Å². The third-order valence-corrected chi connectivity index (χ3v) is 6.94. The van der Waals surface area contributed by atoms with Crippen LogP contribution < -0.4 is 5.32 Å². The summed E-state index contributed by atoms with van der Waals surface area (Å²) < 4.78 is 2.02. The van der Waals surface area contributed by atoms with E-state index in [2.05, 4.69) is 16.5 Å². The Morgan fingerprint density at radius 1 is 1.26 bits per heavy atom. The second-order valence-corrected chi connectivity index (χ2v) is 9.61. The lowest BCUT2D eigenvalue weighted by Gasteiger charge is -2.33. The van der Waals surface area contributed by atoms with Gasteiger partial charge in [-0.05, 0) is 55.0 Å². The molecule has 0 unspecified atom stereocenters. The van der Waals surface area contributed by atoms with Gasteiger partial charge in [0.05, 0.1) is 22.5 Å². The van der Waals surface area contributed by atoms with Crippen LogP contribution in [0.4, 0.5) is 5.69 Å². The Hall–Kier alpha value is -3.37. The Morgan fingerprint density at radius 3 is 2.62 bits per heavy atom. The smallest absolute Gasteiger partial charge is 0.255 e. The number of halogens is 1. The minimum Gasteiger partial charge on any atom is -0.342 e. The van der Waals surface area contributed by atoms with Gasteiger partial charge in [0.25, 0.3) is 5.91 Å². The number of nitriles is 1. The highest BCUT2D eigenvalue weighted by Crippen LogP contribution is 2.37. The van der Waals surface area contributed by atoms with Crippen LogP contribution in [-0.4, -0.2) is 39.4 Å². The SMILES string of the molecule is Cc1c(NC(=O)c2ccc(Cl)c(C#N)c2)cnc2c1c(C1CCN(C(=O)C(C)C)CC1)cn2C. The number of nitrogens with one attached hydrogen (secondary N) is 1. The van der Waals surface area contributed by atoms with E-state index in [0.29, 0.717) is 22.2 Å². The normalized spacial score (nSPS) is 14.4. The van der Waals surface area contributed by atoms with Crippen molar-refractivity contribution in [2.24, 2.45) is 13.0 Å². The van der Waals surface area contributed by atoms with Gasteiger partial charge in [-0.15, -0.1) is 0 Å². The first-order valence-corrected chi connectivity index (χ1v) is 11.8. The number of hydrogen-bond acceptors (Lipinski definition) is 4. The highest BCUT2D eigenvalue weighted by molar-refractivity contribution is 6.31. The molecule has 2 amide bonds. The summed E-state index contributed by atoms with van der Waals surface area (Å²) in [6.07, 6.45) is 5.59. The largest absolute Gasteiger partial charge is 0.342 e. The Balaban J connectivity index is 1.61. The summed E-state index contributed by atoms with van der Waals surface area (Å²) in [5.74, 6) is 0.216. The van der Waals surface area contributed by atoms with E-state index in [1.54, 1.807) is 18.3 Å². The summed E-state index contributed by atoms with van der Waals surface area (Å²) >= 11 is 6.00. The molecule has 0 bridgehead atoms. The maximum Gasteiger partial charge on any atom is 0.255 e. The molecule has 1 aromatic carbocycles. The van der Waals surface area contributed by atoms with Gasteiger partial charge in [0.2, 0.25) is 5.91 Å². The Labute approximate surface area is 204 Å². The number of pyridine rings is 1. The van der Waals surface area contributed by atoms with Gasteiger partial charge in [-0.25, -0.2) is 4.98 Å². The topological polar surface area (TPSA) is 91.0 Å². The van der Waals surface area contributed by atoms with E-state index in [-0.39, 0.29) is 23.3 Å². The van der Waals surface area contributed by atoms with Gasteiger partial charge in [-0.3, -0.25) is 9.59 Å². The van der Waals surface area contributed by atoms with Crippen molar-refractivity contribution >= 4 is 40.1 Å². The van der Waals surface area contributed by atoms with Crippen LogP contribution in [0.2, 0.25) is 5.02 Å². The zero-order valence-corrected chi connectivity index (χ0v) is 20.6. The molecule has 8 heteroatoms. The van der Waals surface area contributed by atoms with Crippen molar-refractivity contribution in [1.29, 1.82) is 5.26 Å². The van der Waals surface area contributed by atoms with Gasteiger partial charge >= 0.3 is 0 Å². The first kappa shape index (κ1) is 23.8. The van der Waals surface area contributed by atoms with Gasteiger partial charge in [0, 0.05) is 43.2 Å². The molecule has 0 aliphatic carbocycles. The van der Waals surface area contributed by atoms with Gasteiger partial charge in [-0.1, -0.05) is 25.4 Å². The minimum atomic E-state index is -0.324. The van der Waals surface area contributed by atoms with Crippen LogP contribution in [0.15, 0.2) is 30.6 Å². The molecule has 0 saturated carbocycles. The number of amides is 2. The number of carbonyl (C=O) groups is 2. The van der Waals surface area contributed by atoms with Crippen LogP contribution in [0.5, 0.6) is 0 Å². The number of anilines is 1. The second-order valence-electron chi connectivity index (χ2n) is 9.21. The average Bonchev–Trinajstić information content (AvgIpc) is 3.17. The monoisotopic (exact) mass is 477 g/mol. The average molecular weight is 478 g/mol. The number of carbonyl (C=O) groups excluding carboxylic acids is 2. The molecule has 34 heavy (non-hydrogen) atoms. The van der Waals surface area contributed by atoms with Crippen molar-refractivity contribution in [2.45, 2.75) is 39.5 Å². The number of benzene rings is 1. The van der Waals surface area contributed by atoms with Gasteiger partial charge < -0.3 is 14.8 Å². The number of piperidine rings is 1. The van der Waals surface area contributed by atoms with E-state index in [1.165, 1.54) is 11.6 Å². The van der Waals surface area contributed by atoms with Crippen LogP contribution >= 0.6 is 11.6 Å². The summed E-state index contributed by atoms with van der Waals surface area (Å²) in [5, 5.41) is 13.5. The summed E-state index contributed by atoms with van der Waals surface area (Å²) in [5.41, 5.74) is 4.26. The fourth-order valence-corrected chi connectivity index (χ4v) is 4.85. The molecule has 4 rings (SSSR count).